The van der Waals surface area contributed by atoms with Gasteiger partial charge in [0.2, 0.25) is 0 Å². The molecule has 2 aromatic heterocycles. The molecule has 0 aliphatic rings. The number of aryl methyl sites for hydroxylation is 3. The van der Waals surface area contributed by atoms with Gasteiger partial charge in [0, 0.05) is 11.6 Å². The van der Waals surface area contributed by atoms with E-state index in [1.54, 1.807) is 0 Å². The number of nitrogens with one attached hydrogen (secondary N) is 1. The highest BCUT2D eigenvalue weighted by atomic mass is 35.5. The number of aromatic nitrogens is 2. The maximum Gasteiger partial charge on any atom is 0.261 e. The molecule has 4 rings (SSSR count). The third-order valence-electron chi connectivity index (χ3n) is 5.34. The minimum absolute atomic E-state index is 0.0689. The second kappa shape index (κ2) is 10.2. The average molecular weight is 468 g/mol. The van der Waals surface area contributed by atoms with Crippen LogP contribution < -0.4 is 10.1 Å². The van der Waals surface area contributed by atoms with Crippen molar-refractivity contribution < 1.29 is 9.53 Å². The van der Waals surface area contributed by atoms with Crippen molar-refractivity contribution in [3.8, 4) is 5.75 Å². The number of halogens is 1. The van der Waals surface area contributed by atoms with Gasteiger partial charge in [-0.1, -0.05) is 29.8 Å². The summed E-state index contributed by atoms with van der Waals surface area (Å²) in [7, 11) is 0. The molecule has 2 aromatic carbocycles. The van der Waals surface area contributed by atoms with Crippen molar-refractivity contribution in [2.75, 3.05) is 6.61 Å². The van der Waals surface area contributed by atoms with Gasteiger partial charge in [0.1, 0.15) is 11.6 Å². The summed E-state index contributed by atoms with van der Waals surface area (Å²) in [6, 6.07) is 15.7. The Kier molecular flexibility index (Phi) is 7.12. The lowest BCUT2D eigenvalue weighted by Gasteiger charge is -2.12. The van der Waals surface area contributed by atoms with Crippen LogP contribution in [-0.2, 0) is 13.1 Å². The van der Waals surface area contributed by atoms with E-state index in [0.717, 1.165) is 58.1 Å². The molecule has 0 spiro atoms. The van der Waals surface area contributed by atoms with Crippen molar-refractivity contribution in [2.45, 2.75) is 39.8 Å². The van der Waals surface area contributed by atoms with Gasteiger partial charge in [-0.2, -0.15) is 0 Å². The Hall–Kier alpha value is -2.83. The van der Waals surface area contributed by atoms with E-state index in [4.69, 9.17) is 21.3 Å². The Morgan fingerprint density at radius 3 is 2.66 bits per heavy atom. The highest BCUT2D eigenvalue weighted by Crippen LogP contribution is 2.26. The molecule has 0 fully saturated rings. The second-order valence-corrected chi connectivity index (χ2v) is 9.08. The third-order valence-corrected chi connectivity index (χ3v) is 6.81. The summed E-state index contributed by atoms with van der Waals surface area (Å²) < 4.78 is 8.14. The number of unbranched alkanes of at least 4 members (excludes halogenated alkanes) is 1. The number of amides is 1. The van der Waals surface area contributed by atoms with E-state index in [-0.39, 0.29) is 5.91 Å². The zero-order valence-corrected chi connectivity index (χ0v) is 19.8. The zero-order valence-electron chi connectivity index (χ0n) is 18.2. The smallest absolute Gasteiger partial charge is 0.261 e. The predicted molar refractivity (Wildman–Crippen MR) is 131 cm³/mol. The van der Waals surface area contributed by atoms with Crippen molar-refractivity contribution in [2.24, 2.45) is 0 Å². The van der Waals surface area contributed by atoms with Gasteiger partial charge in [0.25, 0.3) is 5.91 Å². The first-order chi connectivity index (χ1) is 15.5. The first-order valence-electron chi connectivity index (χ1n) is 10.7. The molecular formula is C25H26ClN3O2S. The molecular weight excluding hydrogens is 442 g/mol. The Morgan fingerprint density at radius 2 is 1.91 bits per heavy atom. The molecule has 0 atom stereocenters. The molecule has 32 heavy (non-hydrogen) atoms. The van der Waals surface area contributed by atoms with Crippen LogP contribution in [0.4, 0.5) is 0 Å². The summed E-state index contributed by atoms with van der Waals surface area (Å²) in [5.74, 6) is 1.65. The van der Waals surface area contributed by atoms with Crippen LogP contribution in [0.2, 0.25) is 5.02 Å². The van der Waals surface area contributed by atoms with Gasteiger partial charge in [-0.15, -0.1) is 11.3 Å². The second-order valence-electron chi connectivity index (χ2n) is 7.75. The van der Waals surface area contributed by atoms with Gasteiger partial charge in [-0.3, -0.25) is 4.79 Å². The molecule has 0 saturated heterocycles. The van der Waals surface area contributed by atoms with Gasteiger partial charge < -0.3 is 14.6 Å². The third kappa shape index (κ3) is 5.14. The van der Waals surface area contributed by atoms with Gasteiger partial charge in [0.15, 0.2) is 0 Å². The molecule has 7 heteroatoms. The summed E-state index contributed by atoms with van der Waals surface area (Å²) in [5.41, 5.74) is 4.08. The summed E-state index contributed by atoms with van der Waals surface area (Å²) >= 11 is 7.67. The van der Waals surface area contributed by atoms with Crippen LogP contribution in [0, 0.1) is 13.8 Å². The Balaban J connectivity index is 1.36. The maximum atomic E-state index is 12.3. The highest BCUT2D eigenvalue weighted by molar-refractivity contribution is 7.12. The first-order valence-corrected chi connectivity index (χ1v) is 11.9. The van der Waals surface area contributed by atoms with Crippen LogP contribution >= 0.6 is 22.9 Å². The molecule has 0 saturated carbocycles. The van der Waals surface area contributed by atoms with Crippen molar-refractivity contribution in [3.05, 3.63) is 80.8 Å². The average Bonchev–Trinajstić information content (AvgIpc) is 3.44. The standard InChI is InChI=1S/C25H26ClN3O2S/c1-17-14-19(15-18(2)24(17)26)31-12-6-5-11-29-21-9-4-3-8-20(21)28-23(29)16-27-25(30)22-10-7-13-32-22/h3-4,7-10,13-15H,5-6,11-12,16H2,1-2H3,(H,27,30). The summed E-state index contributed by atoms with van der Waals surface area (Å²) in [6.07, 6.45) is 1.85. The van der Waals surface area contributed by atoms with Crippen molar-refractivity contribution in [1.82, 2.24) is 14.9 Å². The predicted octanol–water partition coefficient (Wildman–Crippen LogP) is 6.16. The Morgan fingerprint density at radius 1 is 1.12 bits per heavy atom. The molecule has 1 amide bonds. The molecule has 5 nitrogen and oxygen atoms in total. The molecule has 0 unspecified atom stereocenters. The van der Waals surface area contributed by atoms with Gasteiger partial charge in [0.05, 0.1) is 29.1 Å². The fraction of sp³-hybridized carbons (Fsp3) is 0.280. The van der Waals surface area contributed by atoms with Crippen molar-refractivity contribution >= 4 is 39.9 Å². The van der Waals surface area contributed by atoms with Crippen LogP contribution in [0.15, 0.2) is 53.9 Å². The van der Waals surface area contributed by atoms with Crippen LogP contribution in [0.5, 0.6) is 5.75 Å². The molecule has 2 heterocycles. The van der Waals surface area contributed by atoms with Crippen LogP contribution in [0.25, 0.3) is 11.0 Å². The molecule has 0 aliphatic heterocycles. The summed E-state index contributed by atoms with van der Waals surface area (Å²) in [5, 5.41) is 5.69. The topological polar surface area (TPSA) is 56.1 Å². The van der Waals surface area contributed by atoms with Crippen LogP contribution in [0.1, 0.15) is 39.5 Å². The minimum Gasteiger partial charge on any atom is -0.494 e. The van der Waals surface area contributed by atoms with E-state index in [2.05, 4.69) is 16.0 Å². The van der Waals surface area contributed by atoms with Crippen LogP contribution in [0.3, 0.4) is 0 Å². The zero-order chi connectivity index (χ0) is 22.5. The SMILES string of the molecule is Cc1cc(OCCCCn2c(CNC(=O)c3cccs3)nc3ccccc32)cc(C)c1Cl. The van der Waals surface area contributed by atoms with E-state index in [1.165, 1.54) is 11.3 Å². The number of fused-ring (bicyclic) bond motifs is 1. The minimum atomic E-state index is -0.0689. The number of para-hydroxylation sites is 2. The van der Waals surface area contributed by atoms with E-state index in [1.807, 2.05) is 61.7 Å². The number of ether oxygens (including phenoxy) is 1. The quantitative estimate of drug-likeness (QED) is 0.300. The number of carbonyl (C=O) groups is 1. The number of thiophene rings is 1. The van der Waals surface area contributed by atoms with Gasteiger partial charge in [-0.25, -0.2) is 4.98 Å². The van der Waals surface area contributed by atoms with Crippen molar-refractivity contribution in [1.29, 1.82) is 0 Å². The number of hydrogen-bond acceptors (Lipinski definition) is 4. The fourth-order valence-corrected chi connectivity index (χ4v) is 4.46. The Labute approximate surface area is 197 Å². The number of hydrogen-bond donors (Lipinski definition) is 1. The van der Waals surface area contributed by atoms with Crippen LogP contribution in [-0.4, -0.2) is 22.1 Å². The fourth-order valence-electron chi connectivity index (χ4n) is 3.72. The highest BCUT2D eigenvalue weighted by Gasteiger charge is 2.13. The van der Waals surface area contributed by atoms with Crippen molar-refractivity contribution in [3.63, 3.8) is 0 Å². The number of carbonyl (C=O) groups excluding carboxylic acids is 1. The summed E-state index contributed by atoms with van der Waals surface area (Å²) in [4.78, 5) is 17.8. The maximum absolute atomic E-state index is 12.3. The molecule has 0 radical (unpaired) electrons. The lowest BCUT2D eigenvalue weighted by atomic mass is 10.1. The molecule has 1 N–H and O–H groups in total. The molecule has 0 aliphatic carbocycles. The molecule has 166 valence electrons. The lowest BCUT2D eigenvalue weighted by Crippen LogP contribution is -2.24. The van der Waals surface area contributed by atoms with E-state index >= 15 is 0 Å². The number of benzene rings is 2. The molecule has 0 bridgehead atoms. The molecule has 4 aromatic rings. The van der Waals surface area contributed by atoms with E-state index in [0.29, 0.717) is 18.0 Å². The Bertz CT molecular complexity index is 1190. The van der Waals surface area contributed by atoms with Gasteiger partial charge >= 0.3 is 0 Å². The van der Waals surface area contributed by atoms with E-state index < -0.39 is 0 Å². The monoisotopic (exact) mass is 467 g/mol. The van der Waals surface area contributed by atoms with E-state index in [9.17, 15) is 4.79 Å². The normalized spacial score (nSPS) is 11.1. The first kappa shape index (κ1) is 22.4. The number of nitrogens with zero attached hydrogens (tertiary/aromatic N) is 2. The largest absolute Gasteiger partial charge is 0.494 e. The number of imidazole rings is 1. The lowest BCUT2D eigenvalue weighted by molar-refractivity contribution is 0.0953. The summed E-state index contributed by atoms with van der Waals surface area (Å²) in [6.45, 7) is 5.83. The number of rotatable bonds is 9. The van der Waals surface area contributed by atoms with Gasteiger partial charge in [-0.05, 0) is 73.5 Å².